The van der Waals surface area contributed by atoms with Crippen molar-refractivity contribution in [1.82, 2.24) is 0 Å². The van der Waals surface area contributed by atoms with E-state index in [-0.39, 0.29) is 46.0 Å². The maximum absolute atomic E-state index is 12.2. The van der Waals surface area contributed by atoms with Crippen LogP contribution < -0.4 is 29.6 Å². The van der Waals surface area contributed by atoms with Gasteiger partial charge in [0.05, 0.1) is 18.3 Å². The molecule has 13 nitrogen and oxygen atoms in total. The van der Waals surface area contributed by atoms with E-state index >= 15 is 0 Å². The smallest absolute Gasteiger partial charge is 0.373 e. The van der Waals surface area contributed by atoms with Crippen molar-refractivity contribution in [3.8, 4) is 0 Å². The second-order valence-electron chi connectivity index (χ2n) is 5.67. The fraction of sp³-hybridized carbons (Fsp3) is 0.294. The molecule has 34 heavy (non-hydrogen) atoms. The topological polar surface area (TPSA) is 225 Å². The molecule has 0 aromatic heterocycles. The van der Waals surface area contributed by atoms with Gasteiger partial charge in [0.1, 0.15) is 6.67 Å². The van der Waals surface area contributed by atoms with E-state index in [0.717, 1.165) is 11.1 Å². The number of sulfone groups is 2. The van der Waals surface area contributed by atoms with Crippen molar-refractivity contribution in [2.75, 3.05) is 18.9 Å². The van der Waals surface area contributed by atoms with Gasteiger partial charge in [0, 0.05) is 9.82 Å². The van der Waals surface area contributed by atoms with Crippen LogP contribution in [-0.2, 0) is 19.7 Å². The zero-order valence-electron chi connectivity index (χ0n) is 19.6. The summed E-state index contributed by atoms with van der Waals surface area (Å²) in [7, 11) is -8.76. The summed E-state index contributed by atoms with van der Waals surface area (Å²) < 4.78 is 64.4. The van der Waals surface area contributed by atoms with E-state index in [0.29, 0.717) is 0 Å². The van der Waals surface area contributed by atoms with Crippen LogP contribution in [0.25, 0.3) is 36.9 Å². The standard InChI is InChI=1S/C15H16O4S2.CH3F.CH2N6.N3.Na/c1-12-3-7-14(8-4-12)20(16,17)11-21(18,19)15-9-5-13(2)6-10-15;1-2;2-6-4-1-5-7-3;1-3-2;/h3-10H,11H2,1-2H3;1H3;1H2;;/q;;;-1;+1/i;1D;;;. The Labute approximate surface area is 220 Å². The molecule has 0 spiro atoms. The normalized spacial score (nSPS) is 9.56. The summed E-state index contributed by atoms with van der Waals surface area (Å²) in [4.78, 5) is 6.20. The maximum Gasteiger partial charge on any atom is 1.00 e. The molecule has 0 saturated heterocycles. The molecule has 0 radical (unpaired) electrons. The third-order valence-corrected chi connectivity index (χ3v) is 7.79. The summed E-state index contributed by atoms with van der Waals surface area (Å²) in [6.07, 6.45) is 0. The van der Waals surface area contributed by atoms with Gasteiger partial charge < -0.3 is 11.1 Å². The van der Waals surface area contributed by atoms with Crippen molar-refractivity contribution < 1.29 is 52.2 Å². The Morgan fingerprint density at radius 2 is 1.06 bits per heavy atom. The third kappa shape index (κ3) is 15.1. The summed E-state index contributed by atoms with van der Waals surface area (Å²) in [6.45, 7) is 3.52. The molecule has 0 N–H and O–H groups in total. The molecule has 0 amide bonds. The first-order valence-corrected chi connectivity index (χ1v) is 11.7. The third-order valence-electron chi connectivity index (χ3n) is 3.32. The van der Waals surface area contributed by atoms with Gasteiger partial charge in [0.15, 0.2) is 24.8 Å². The van der Waals surface area contributed by atoms with E-state index in [9.17, 15) is 21.2 Å². The van der Waals surface area contributed by atoms with E-state index in [1.807, 2.05) is 13.8 Å². The first-order chi connectivity index (χ1) is 15.9. The number of halogens is 1. The largest absolute Gasteiger partial charge is 1.00 e. The van der Waals surface area contributed by atoms with Crippen LogP contribution in [0, 0.1) is 13.8 Å². The predicted molar refractivity (Wildman–Crippen MR) is 122 cm³/mol. The zero-order valence-corrected chi connectivity index (χ0v) is 22.2. The molecule has 0 saturated carbocycles. The summed E-state index contributed by atoms with van der Waals surface area (Å²) in [5, 5.41) is 4.92. The number of hydrogen-bond acceptors (Lipinski definition) is 6. The second-order valence-corrected chi connectivity index (χ2v) is 10.0. The number of rotatable bonds is 6. The number of benzene rings is 2. The van der Waals surface area contributed by atoms with Crippen LogP contribution in [0.1, 0.15) is 12.5 Å². The Morgan fingerprint density at radius 1 is 0.794 bits per heavy atom. The molecular weight excluding hydrogens is 500 g/mol. The molecule has 0 aliphatic rings. The monoisotopic (exact) mass is 522 g/mol. The molecule has 0 unspecified atom stereocenters. The summed E-state index contributed by atoms with van der Waals surface area (Å²) in [5.41, 5.74) is 30.5. The van der Waals surface area contributed by atoms with E-state index in [1.165, 1.54) is 29.2 Å². The molecule has 0 aliphatic carbocycles. The SMILES string of the molecule is Cc1ccc(S(=O)(=O)CS(=O)(=O)c2ccc(C)cc2)cc1.[2H]CF.[N-]=[N+]=NCN=[N+]=[N-].[N-]=[N+]=[N-].[Na+]. The van der Waals surface area contributed by atoms with Crippen LogP contribution in [0.4, 0.5) is 4.39 Å². The molecule has 0 bridgehead atoms. The minimum atomic E-state index is -3.88. The summed E-state index contributed by atoms with van der Waals surface area (Å²) >= 11 is 0. The molecule has 0 fully saturated rings. The van der Waals surface area contributed by atoms with Crippen LogP contribution in [-0.4, -0.2) is 35.7 Å². The number of aryl methyl sites for hydroxylation is 2. The zero-order chi connectivity index (χ0) is 26.6. The van der Waals surface area contributed by atoms with Crippen LogP contribution >= 0.6 is 0 Å². The number of hydrogen-bond donors (Lipinski definition) is 0. The minimum Gasteiger partial charge on any atom is -0.373 e. The average molecular weight is 523 g/mol. The summed E-state index contributed by atoms with van der Waals surface area (Å²) in [5.74, 6) is 0. The molecule has 0 atom stereocenters. The fourth-order valence-corrected chi connectivity index (χ4v) is 5.74. The molecule has 17 heteroatoms. The Hall–Kier alpha value is -2.80. The Kier molecular flexibility index (Phi) is 19.3. The molecule has 0 heterocycles. The molecule has 2 aromatic carbocycles. The fourth-order valence-electron chi connectivity index (χ4n) is 1.92. The van der Waals surface area contributed by atoms with Crippen molar-refractivity contribution in [3.63, 3.8) is 0 Å². The van der Waals surface area contributed by atoms with E-state index < -0.39 is 31.9 Å². The Balaban J connectivity index is -0.000000611. The maximum atomic E-state index is 12.2. The van der Waals surface area contributed by atoms with Gasteiger partial charge in [-0.3, -0.25) is 9.30 Å². The van der Waals surface area contributed by atoms with Gasteiger partial charge >= 0.3 is 29.6 Å². The van der Waals surface area contributed by atoms with Crippen molar-refractivity contribution in [3.05, 3.63) is 96.5 Å². The Morgan fingerprint density at radius 3 is 1.29 bits per heavy atom. The van der Waals surface area contributed by atoms with Crippen LogP contribution in [0.15, 0.2) is 68.6 Å². The molecule has 178 valence electrons. The Bertz CT molecular complexity index is 1140. The van der Waals surface area contributed by atoms with E-state index in [4.69, 9.17) is 23.5 Å². The van der Waals surface area contributed by atoms with Gasteiger partial charge in [0.25, 0.3) is 0 Å². The minimum absolute atomic E-state index is 0. The van der Waals surface area contributed by atoms with Gasteiger partial charge in [-0.05, 0) is 49.2 Å². The van der Waals surface area contributed by atoms with E-state index in [2.05, 4.69) is 20.1 Å². The first kappa shape index (κ1) is 33.4. The van der Waals surface area contributed by atoms with Crippen LogP contribution in [0.2, 0.25) is 0 Å². The van der Waals surface area contributed by atoms with Gasteiger partial charge in [-0.1, -0.05) is 45.6 Å². The number of alkyl halides is 1. The van der Waals surface area contributed by atoms with Gasteiger partial charge in [-0.15, -0.1) is 0 Å². The van der Waals surface area contributed by atoms with Crippen LogP contribution in [0.5, 0.6) is 0 Å². The van der Waals surface area contributed by atoms with Gasteiger partial charge in [-0.25, -0.2) is 16.8 Å². The molecule has 2 aromatic rings. The van der Waals surface area contributed by atoms with Gasteiger partial charge in [-0.2, -0.15) is 0 Å². The first-order valence-electron chi connectivity index (χ1n) is 9.10. The molecule has 2 rings (SSSR count). The van der Waals surface area contributed by atoms with Gasteiger partial charge in [0.2, 0.25) is 0 Å². The van der Waals surface area contributed by atoms with E-state index in [1.54, 1.807) is 24.3 Å². The van der Waals surface area contributed by atoms with Crippen molar-refractivity contribution >= 4 is 19.7 Å². The number of azide groups is 1. The quantitative estimate of drug-likeness (QED) is 0.241. The van der Waals surface area contributed by atoms with Crippen molar-refractivity contribution in [1.29, 1.82) is 0 Å². The van der Waals surface area contributed by atoms with Crippen molar-refractivity contribution in [2.45, 2.75) is 23.6 Å². The molecule has 0 aliphatic heterocycles. The predicted octanol–water partition coefficient (Wildman–Crippen LogP) is 2.53. The average Bonchev–Trinajstić information content (AvgIpc) is 2.76. The molecular formula is C17H21FN9NaO4S2. The second kappa shape index (κ2) is 19.6. The van der Waals surface area contributed by atoms with Crippen LogP contribution in [0.3, 0.4) is 0 Å². The van der Waals surface area contributed by atoms with Crippen molar-refractivity contribution in [2.24, 2.45) is 10.2 Å². The number of nitrogens with zero attached hydrogens (tertiary/aromatic N) is 9. The summed E-state index contributed by atoms with van der Waals surface area (Å²) in [6, 6.07) is 12.3.